The summed E-state index contributed by atoms with van der Waals surface area (Å²) in [5, 5.41) is 15.1. The second-order valence-corrected chi connectivity index (χ2v) is 6.98. The van der Waals surface area contributed by atoms with Gasteiger partial charge in [-0.15, -0.1) is 0 Å². The van der Waals surface area contributed by atoms with Gasteiger partial charge in [0.1, 0.15) is 5.69 Å². The highest BCUT2D eigenvalue weighted by Gasteiger charge is 2.27. The fourth-order valence-electron chi connectivity index (χ4n) is 3.19. The zero-order valence-electron chi connectivity index (χ0n) is 14.7. The maximum absolute atomic E-state index is 12.6. The molecule has 27 heavy (non-hydrogen) atoms. The molecular formula is C19H21ClN4O3. The number of nitro groups is 1. The first-order valence-corrected chi connectivity index (χ1v) is 9.12. The Morgan fingerprint density at radius 3 is 2.78 bits per heavy atom. The number of nitro benzene ring substituents is 1. The second-order valence-electron chi connectivity index (χ2n) is 6.58. The largest absolute Gasteiger partial charge is 0.375 e. The van der Waals surface area contributed by atoms with Crippen molar-refractivity contribution in [1.82, 2.24) is 4.90 Å². The number of halogens is 1. The van der Waals surface area contributed by atoms with Crippen molar-refractivity contribution in [2.24, 2.45) is 11.7 Å². The number of benzene rings is 2. The van der Waals surface area contributed by atoms with E-state index < -0.39 is 4.92 Å². The zero-order chi connectivity index (χ0) is 19.4. The van der Waals surface area contributed by atoms with Gasteiger partial charge in [0.25, 0.3) is 11.6 Å². The Kier molecular flexibility index (Phi) is 5.93. The van der Waals surface area contributed by atoms with Gasteiger partial charge in [-0.1, -0.05) is 29.8 Å². The highest BCUT2D eigenvalue weighted by atomic mass is 35.5. The quantitative estimate of drug-likeness (QED) is 0.584. The molecule has 0 spiro atoms. The molecule has 8 heteroatoms. The molecule has 0 radical (unpaired) electrons. The third-order valence-corrected chi connectivity index (χ3v) is 5.14. The molecule has 1 heterocycles. The second kappa shape index (κ2) is 8.37. The summed E-state index contributed by atoms with van der Waals surface area (Å²) in [6, 6.07) is 11.8. The molecule has 1 saturated heterocycles. The van der Waals surface area contributed by atoms with Crippen molar-refractivity contribution in [3.8, 4) is 0 Å². The molecule has 7 nitrogen and oxygen atoms in total. The fourth-order valence-corrected chi connectivity index (χ4v) is 3.39. The van der Waals surface area contributed by atoms with E-state index in [9.17, 15) is 14.9 Å². The van der Waals surface area contributed by atoms with Gasteiger partial charge >= 0.3 is 0 Å². The maximum atomic E-state index is 12.6. The van der Waals surface area contributed by atoms with Crippen LogP contribution in [-0.2, 0) is 6.54 Å². The van der Waals surface area contributed by atoms with E-state index in [2.05, 4.69) is 5.32 Å². The molecule has 0 aromatic heterocycles. The molecule has 2 aromatic rings. The SMILES string of the molecule is NCC1CCN(C(=O)c2ccc(NCc3ccccc3Cl)c([N+](=O)[O-])c2)C1. The molecular weight excluding hydrogens is 368 g/mol. The summed E-state index contributed by atoms with van der Waals surface area (Å²) in [4.78, 5) is 25.3. The van der Waals surface area contributed by atoms with Gasteiger partial charge in [-0.25, -0.2) is 0 Å². The summed E-state index contributed by atoms with van der Waals surface area (Å²) < 4.78 is 0. The number of carbonyl (C=O) groups excluding carboxylic acids is 1. The number of rotatable bonds is 6. The van der Waals surface area contributed by atoms with Gasteiger partial charge in [0, 0.05) is 36.3 Å². The molecule has 142 valence electrons. The van der Waals surface area contributed by atoms with Gasteiger partial charge < -0.3 is 16.0 Å². The molecule has 1 unspecified atom stereocenters. The summed E-state index contributed by atoms with van der Waals surface area (Å²) >= 11 is 6.12. The first-order valence-electron chi connectivity index (χ1n) is 8.74. The molecule has 0 aliphatic carbocycles. The van der Waals surface area contributed by atoms with Crippen LogP contribution in [0.25, 0.3) is 0 Å². The molecule has 0 bridgehead atoms. The first-order chi connectivity index (χ1) is 13.0. The van der Waals surface area contributed by atoms with Crippen molar-refractivity contribution >= 4 is 28.9 Å². The van der Waals surface area contributed by atoms with Crippen molar-refractivity contribution in [2.45, 2.75) is 13.0 Å². The number of nitrogens with one attached hydrogen (secondary N) is 1. The van der Waals surface area contributed by atoms with E-state index in [4.69, 9.17) is 17.3 Å². The number of hydrogen-bond donors (Lipinski definition) is 2. The predicted molar refractivity (Wildman–Crippen MR) is 105 cm³/mol. The predicted octanol–water partition coefficient (Wildman–Crippen LogP) is 3.28. The summed E-state index contributed by atoms with van der Waals surface area (Å²) in [5.74, 6) is 0.0900. The van der Waals surface area contributed by atoms with Crippen LogP contribution in [0.2, 0.25) is 5.02 Å². The minimum absolute atomic E-state index is 0.137. The Bertz CT molecular complexity index is 859. The lowest BCUT2D eigenvalue weighted by molar-refractivity contribution is -0.384. The third kappa shape index (κ3) is 4.37. The van der Waals surface area contributed by atoms with Crippen LogP contribution in [0.15, 0.2) is 42.5 Å². The summed E-state index contributed by atoms with van der Waals surface area (Å²) in [6.45, 7) is 2.10. The zero-order valence-corrected chi connectivity index (χ0v) is 15.5. The molecule has 1 fully saturated rings. The van der Waals surface area contributed by atoms with Crippen molar-refractivity contribution < 1.29 is 9.72 Å². The van der Waals surface area contributed by atoms with Gasteiger partial charge in [-0.3, -0.25) is 14.9 Å². The Balaban J connectivity index is 1.77. The average molecular weight is 389 g/mol. The standard InChI is InChI=1S/C19H21ClN4O3/c20-16-4-2-1-3-15(16)11-22-17-6-5-14(9-18(17)24(26)27)19(25)23-8-7-13(10-21)12-23/h1-6,9,13,22H,7-8,10-12,21H2. The van der Waals surface area contributed by atoms with Crippen molar-refractivity contribution in [1.29, 1.82) is 0 Å². The first kappa shape index (κ1) is 19.1. The van der Waals surface area contributed by atoms with E-state index in [1.807, 2.05) is 18.2 Å². The molecule has 1 aliphatic heterocycles. The van der Waals surface area contributed by atoms with Crippen LogP contribution in [0.4, 0.5) is 11.4 Å². The van der Waals surface area contributed by atoms with Crippen molar-refractivity contribution in [2.75, 3.05) is 25.0 Å². The average Bonchev–Trinajstić information content (AvgIpc) is 3.16. The van der Waals surface area contributed by atoms with Gasteiger partial charge in [-0.2, -0.15) is 0 Å². The van der Waals surface area contributed by atoms with Crippen LogP contribution in [0.3, 0.4) is 0 Å². The van der Waals surface area contributed by atoms with Gasteiger partial charge in [0.15, 0.2) is 0 Å². The van der Waals surface area contributed by atoms with Crippen LogP contribution in [0.1, 0.15) is 22.3 Å². The van der Waals surface area contributed by atoms with Crippen LogP contribution in [0.5, 0.6) is 0 Å². The number of hydrogen-bond acceptors (Lipinski definition) is 5. The summed E-state index contributed by atoms with van der Waals surface area (Å²) in [5.41, 5.74) is 7.01. The number of nitrogens with zero attached hydrogens (tertiary/aromatic N) is 2. The van der Waals surface area contributed by atoms with Crippen molar-refractivity contribution in [3.63, 3.8) is 0 Å². The number of likely N-dealkylation sites (tertiary alicyclic amines) is 1. The van der Waals surface area contributed by atoms with E-state index in [1.165, 1.54) is 6.07 Å². The lowest BCUT2D eigenvalue weighted by Gasteiger charge is -2.17. The van der Waals surface area contributed by atoms with E-state index in [-0.39, 0.29) is 11.6 Å². The lowest BCUT2D eigenvalue weighted by atomic mass is 10.1. The van der Waals surface area contributed by atoms with Crippen LogP contribution >= 0.6 is 11.6 Å². The lowest BCUT2D eigenvalue weighted by Crippen LogP contribution is -2.29. The third-order valence-electron chi connectivity index (χ3n) is 4.77. The molecule has 1 aliphatic rings. The summed E-state index contributed by atoms with van der Waals surface area (Å²) in [6.07, 6.45) is 0.863. The van der Waals surface area contributed by atoms with Crippen LogP contribution < -0.4 is 11.1 Å². The van der Waals surface area contributed by atoms with Crippen LogP contribution in [0, 0.1) is 16.0 Å². The minimum atomic E-state index is -0.488. The molecule has 0 saturated carbocycles. The van der Waals surface area contributed by atoms with Gasteiger partial charge in [-0.05, 0) is 42.6 Å². The van der Waals surface area contributed by atoms with Crippen molar-refractivity contribution in [3.05, 3.63) is 68.7 Å². The van der Waals surface area contributed by atoms with E-state index >= 15 is 0 Å². The van der Waals surface area contributed by atoms with E-state index in [0.29, 0.717) is 48.4 Å². The fraction of sp³-hybridized carbons (Fsp3) is 0.316. The molecule has 2 aromatic carbocycles. The van der Waals surface area contributed by atoms with Crippen LogP contribution in [-0.4, -0.2) is 35.4 Å². The van der Waals surface area contributed by atoms with E-state index in [1.54, 1.807) is 23.1 Å². The Hall–Kier alpha value is -2.64. The molecule has 1 atom stereocenters. The highest BCUT2D eigenvalue weighted by Crippen LogP contribution is 2.28. The number of carbonyl (C=O) groups is 1. The molecule has 3 rings (SSSR count). The van der Waals surface area contributed by atoms with E-state index in [0.717, 1.165) is 12.0 Å². The monoisotopic (exact) mass is 388 g/mol. The minimum Gasteiger partial charge on any atom is -0.375 e. The highest BCUT2D eigenvalue weighted by molar-refractivity contribution is 6.31. The molecule has 3 N–H and O–H groups in total. The number of anilines is 1. The van der Waals surface area contributed by atoms with Gasteiger partial charge in [0.2, 0.25) is 0 Å². The smallest absolute Gasteiger partial charge is 0.293 e. The normalized spacial score (nSPS) is 16.4. The van der Waals surface area contributed by atoms with Gasteiger partial charge in [0.05, 0.1) is 4.92 Å². The molecule has 1 amide bonds. The number of amides is 1. The Morgan fingerprint density at radius 1 is 1.33 bits per heavy atom. The topological polar surface area (TPSA) is 102 Å². The maximum Gasteiger partial charge on any atom is 0.293 e. The number of nitrogens with two attached hydrogens (primary N) is 1. The summed E-state index contributed by atoms with van der Waals surface area (Å²) in [7, 11) is 0. The Morgan fingerprint density at radius 2 is 2.11 bits per heavy atom. The Labute approximate surface area is 162 Å².